The Morgan fingerprint density at radius 2 is 1.83 bits per heavy atom. The summed E-state index contributed by atoms with van der Waals surface area (Å²) in [6.45, 7) is 3.72. The Morgan fingerprint density at radius 1 is 1.03 bits per heavy atom. The van der Waals surface area contributed by atoms with Crippen LogP contribution >= 0.6 is 35.6 Å². The molecule has 0 saturated carbocycles. The summed E-state index contributed by atoms with van der Waals surface area (Å²) in [5.41, 5.74) is 1.41. The number of fused-ring (bicyclic) bond motifs is 1. The number of aromatic nitrogens is 4. The van der Waals surface area contributed by atoms with Crippen molar-refractivity contribution in [3.8, 4) is 11.5 Å². The van der Waals surface area contributed by atoms with Gasteiger partial charge < -0.3 is 29.1 Å². The van der Waals surface area contributed by atoms with Crippen LogP contribution in [-0.2, 0) is 6.61 Å². The van der Waals surface area contributed by atoms with Gasteiger partial charge in [-0.25, -0.2) is 9.97 Å². The molecule has 2 aromatic heterocycles. The Morgan fingerprint density at radius 3 is 2.58 bits per heavy atom. The minimum absolute atomic E-state index is 0. The van der Waals surface area contributed by atoms with Crippen LogP contribution in [0.3, 0.4) is 0 Å². The summed E-state index contributed by atoms with van der Waals surface area (Å²) in [5.74, 6) is 2.56. The number of nitrogens with zero attached hydrogens (tertiary/aromatic N) is 6. The highest BCUT2D eigenvalue weighted by atomic mass is 35.5. The summed E-state index contributed by atoms with van der Waals surface area (Å²) in [7, 11) is 3.67. The number of nitrogens with one attached hydrogen (secondary N) is 1. The molecule has 1 fully saturated rings. The van der Waals surface area contributed by atoms with Crippen molar-refractivity contribution < 1.29 is 14.0 Å². The first-order valence-corrected chi connectivity index (χ1v) is 11.7. The van der Waals surface area contributed by atoms with Gasteiger partial charge in [-0.15, -0.1) is 12.4 Å². The smallest absolute Gasteiger partial charge is 0.266 e. The molecule has 1 aliphatic rings. The predicted octanol–water partition coefficient (Wildman–Crippen LogP) is 4.82. The highest BCUT2D eigenvalue weighted by Gasteiger charge is 2.20. The molecular formula is C23H24Cl3N7O3. The maximum absolute atomic E-state index is 6.14. The maximum atomic E-state index is 6.14. The van der Waals surface area contributed by atoms with E-state index in [1.807, 2.05) is 12.1 Å². The fraction of sp³-hybridized carbons (Fsp3) is 0.304. The van der Waals surface area contributed by atoms with Gasteiger partial charge in [0.15, 0.2) is 18.1 Å². The van der Waals surface area contributed by atoms with Crippen LogP contribution in [-0.4, -0.2) is 65.3 Å². The van der Waals surface area contributed by atoms with Crippen molar-refractivity contribution >= 4 is 64.0 Å². The lowest BCUT2D eigenvalue weighted by atomic mass is 10.2. The molecule has 36 heavy (non-hydrogen) atoms. The molecule has 190 valence electrons. The highest BCUT2D eigenvalue weighted by Crippen LogP contribution is 2.35. The number of ether oxygens (including phenoxy) is 2. The van der Waals surface area contributed by atoms with Gasteiger partial charge in [-0.3, -0.25) is 0 Å². The second-order valence-corrected chi connectivity index (χ2v) is 8.88. The SMILES string of the molecule is COc1cc2c(Nc3ccc(Cl)c(Cl)c3)ncnc2cc1OCc1nc(N2CCN(C)CC2)no1.Cl. The Hall–Kier alpha value is -3.05. The van der Waals surface area contributed by atoms with E-state index in [1.54, 1.807) is 25.3 Å². The third kappa shape index (κ3) is 5.67. The van der Waals surface area contributed by atoms with E-state index in [2.05, 4.69) is 42.3 Å². The molecule has 0 bridgehead atoms. The average Bonchev–Trinajstić information content (AvgIpc) is 3.34. The molecule has 1 N–H and O–H groups in total. The number of anilines is 3. The van der Waals surface area contributed by atoms with Crippen LogP contribution < -0.4 is 19.7 Å². The van der Waals surface area contributed by atoms with Crippen LogP contribution in [0.25, 0.3) is 10.9 Å². The first-order valence-electron chi connectivity index (χ1n) is 10.9. The Bertz CT molecular complexity index is 1350. The van der Waals surface area contributed by atoms with Crippen LogP contribution in [0, 0.1) is 0 Å². The Labute approximate surface area is 223 Å². The van der Waals surface area contributed by atoms with Gasteiger partial charge >= 0.3 is 0 Å². The summed E-state index contributed by atoms with van der Waals surface area (Å²) in [4.78, 5) is 17.6. The fourth-order valence-corrected chi connectivity index (χ4v) is 4.02. The zero-order valence-corrected chi connectivity index (χ0v) is 21.9. The van der Waals surface area contributed by atoms with E-state index in [1.165, 1.54) is 6.33 Å². The van der Waals surface area contributed by atoms with E-state index in [4.69, 9.17) is 37.2 Å². The zero-order chi connectivity index (χ0) is 24.4. The number of methoxy groups -OCH3 is 1. The number of likely N-dealkylation sites (N-methyl/N-ethyl adjacent to an activating group) is 1. The van der Waals surface area contributed by atoms with Gasteiger partial charge in [0.2, 0.25) is 0 Å². The molecule has 2 aromatic carbocycles. The number of piperazine rings is 1. The summed E-state index contributed by atoms with van der Waals surface area (Å²) in [5, 5.41) is 9.01. The quantitative estimate of drug-likeness (QED) is 0.343. The molecule has 0 spiro atoms. The van der Waals surface area contributed by atoms with Crippen molar-refractivity contribution in [3.63, 3.8) is 0 Å². The summed E-state index contributed by atoms with van der Waals surface area (Å²) < 4.78 is 16.9. The standard InChI is InChI=1S/C23H23Cl2N7O3.ClH/c1-31-5-7-32(8-6-31)23-29-21(35-30-23)12-34-20-11-18-15(10-19(20)33-2)22(27-13-26-18)28-14-3-4-16(24)17(25)9-14;/h3-4,9-11,13H,5-8,12H2,1-2H3,(H,26,27,28);1H. The van der Waals surface area contributed by atoms with Gasteiger partial charge in [-0.05, 0) is 36.5 Å². The maximum Gasteiger partial charge on any atom is 0.266 e. The van der Waals surface area contributed by atoms with Crippen molar-refractivity contribution in [3.05, 3.63) is 52.6 Å². The van der Waals surface area contributed by atoms with Gasteiger partial charge in [0.1, 0.15) is 12.1 Å². The second kappa shape index (κ2) is 11.3. The molecule has 3 heterocycles. The normalized spacial score (nSPS) is 13.9. The van der Waals surface area contributed by atoms with Crippen molar-refractivity contribution in [2.75, 3.05) is 50.6 Å². The third-order valence-corrected chi connectivity index (χ3v) is 6.44. The van der Waals surface area contributed by atoms with E-state index >= 15 is 0 Å². The monoisotopic (exact) mass is 551 g/mol. The topological polar surface area (TPSA) is 102 Å². The lowest BCUT2D eigenvalue weighted by Gasteiger charge is -2.31. The minimum Gasteiger partial charge on any atom is -0.493 e. The largest absolute Gasteiger partial charge is 0.493 e. The van der Waals surface area contributed by atoms with E-state index in [9.17, 15) is 0 Å². The first kappa shape index (κ1) is 26.0. The average molecular weight is 553 g/mol. The van der Waals surface area contributed by atoms with Gasteiger partial charge in [0, 0.05) is 43.3 Å². The van der Waals surface area contributed by atoms with Gasteiger partial charge in [-0.1, -0.05) is 23.2 Å². The van der Waals surface area contributed by atoms with E-state index in [-0.39, 0.29) is 19.0 Å². The molecule has 1 aliphatic heterocycles. The van der Waals surface area contributed by atoms with Crippen LogP contribution in [0.4, 0.5) is 17.5 Å². The fourth-order valence-electron chi connectivity index (χ4n) is 3.73. The Balaban J connectivity index is 0.00000304. The Kier molecular flexibility index (Phi) is 8.20. The molecule has 0 atom stereocenters. The number of benzene rings is 2. The predicted molar refractivity (Wildman–Crippen MR) is 141 cm³/mol. The molecule has 0 amide bonds. The number of halogens is 3. The lowest BCUT2D eigenvalue weighted by molar-refractivity contribution is 0.233. The van der Waals surface area contributed by atoms with Crippen LogP contribution in [0.1, 0.15) is 5.89 Å². The summed E-state index contributed by atoms with van der Waals surface area (Å²) in [6, 6.07) is 8.86. The van der Waals surface area contributed by atoms with Crippen LogP contribution in [0.2, 0.25) is 10.0 Å². The molecule has 10 nitrogen and oxygen atoms in total. The third-order valence-electron chi connectivity index (χ3n) is 5.70. The molecule has 0 aliphatic carbocycles. The van der Waals surface area contributed by atoms with Crippen LogP contribution in [0.15, 0.2) is 41.2 Å². The highest BCUT2D eigenvalue weighted by molar-refractivity contribution is 6.42. The number of rotatable bonds is 7. The van der Waals surface area contributed by atoms with Crippen molar-refractivity contribution in [2.45, 2.75) is 6.61 Å². The van der Waals surface area contributed by atoms with E-state index in [0.29, 0.717) is 44.7 Å². The molecule has 0 radical (unpaired) electrons. The van der Waals surface area contributed by atoms with E-state index in [0.717, 1.165) is 37.3 Å². The minimum atomic E-state index is 0. The summed E-state index contributed by atoms with van der Waals surface area (Å²) in [6.07, 6.45) is 1.47. The number of hydrogen-bond donors (Lipinski definition) is 1. The van der Waals surface area contributed by atoms with Gasteiger partial charge in [0.05, 0.1) is 22.7 Å². The number of hydrogen-bond acceptors (Lipinski definition) is 10. The summed E-state index contributed by atoms with van der Waals surface area (Å²) >= 11 is 12.2. The molecule has 1 saturated heterocycles. The molecule has 4 aromatic rings. The van der Waals surface area contributed by atoms with Crippen LogP contribution in [0.5, 0.6) is 11.5 Å². The molecule has 5 rings (SSSR count). The van der Waals surface area contributed by atoms with Gasteiger partial charge in [0.25, 0.3) is 11.8 Å². The molecular weight excluding hydrogens is 529 g/mol. The molecule has 13 heteroatoms. The zero-order valence-electron chi connectivity index (χ0n) is 19.6. The molecule has 0 unspecified atom stereocenters. The first-order chi connectivity index (χ1) is 17.0. The lowest BCUT2D eigenvalue weighted by Crippen LogP contribution is -2.44. The van der Waals surface area contributed by atoms with E-state index < -0.39 is 0 Å². The van der Waals surface area contributed by atoms with Gasteiger partial charge in [-0.2, -0.15) is 4.98 Å². The van der Waals surface area contributed by atoms with Crippen molar-refractivity contribution in [1.29, 1.82) is 0 Å². The second-order valence-electron chi connectivity index (χ2n) is 8.06. The van der Waals surface area contributed by atoms with Crippen molar-refractivity contribution in [1.82, 2.24) is 25.0 Å². The van der Waals surface area contributed by atoms with Crippen molar-refractivity contribution in [2.24, 2.45) is 0 Å².